The van der Waals surface area contributed by atoms with Gasteiger partial charge in [0, 0.05) is 75.9 Å². The molecule has 0 saturated heterocycles. The number of pyridine rings is 1. The molecule has 19 rings (SSSR count). The minimum atomic E-state index is -0.0326. The molecule has 0 bridgehead atoms. The molecule has 10 aromatic carbocycles. The van der Waals surface area contributed by atoms with Crippen LogP contribution in [0.3, 0.4) is 0 Å². The Morgan fingerprint density at radius 3 is 1.89 bits per heavy atom. The van der Waals surface area contributed by atoms with Crippen molar-refractivity contribution < 1.29 is 18.9 Å². The molecule has 0 aliphatic carbocycles. The van der Waals surface area contributed by atoms with Gasteiger partial charge in [-0.15, -0.1) is 22.7 Å². The lowest BCUT2D eigenvalue weighted by Crippen LogP contribution is -2.61. The van der Waals surface area contributed by atoms with Crippen LogP contribution in [0.2, 0.25) is 0 Å². The fourth-order valence-corrected chi connectivity index (χ4v) is 15.9. The zero-order chi connectivity index (χ0) is 49.1. The first-order valence-electron chi connectivity index (χ1n) is 25.6. The van der Waals surface area contributed by atoms with Crippen molar-refractivity contribution in [2.45, 2.75) is 0 Å². The van der Waals surface area contributed by atoms with Gasteiger partial charge in [-0.1, -0.05) is 103 Å². The zero-order valence-corrected chi connectivity index (χ0v) is 41.6. The minimum absolute atomic E-state index is 0.00657. The van der Waals surface area contributed by atoms with Crippen LogP contribution < -0.4 is 56.6 Å². The number of hydrogen-bond donors (Lipinski definition) is 0. The van der Waals surface area contributed by atoms with Crippen LogP contribution >= 0.6 is 22.7 Å². The lowest BCUT2D eigenvalue weighted by molar-refractivity contribution is 0.468. The van der Waals surface area contributed by atoms with Crippen LogP contribution in [0, 0.1) is 0 Å². The van der Waals surface area contributed by atoms with Crippen molar-refractivity contribution in [3.8, 4) is 62.9 Å². The number of benzene rings is 10. The molecule has 0 unspecified atom stereocenters. The lowest BCUT2D eigenvalue weighted by Gasteiger charge is -2.42. The second-order valence-corrected chi connectivity index (χ2v) is 22.5. The first-order valence-corrected chi connectivity index (χ1v) is 27.3. The SMILES string of the molecule is c1cc(-c2ccc3c(c2)c2ccccc2n3-c2nccc3c2sc2cc4c5c(c23)Oc2ccccc2B5c2ccccc2O4)cc(N2c3cccc4c3B3c5c(cccc52)Oc2c3c(cc3c2sc2ccccc23)O4)c1. The number of hydrogen-bond acceptors (Lipinski definition) is 8. The summed E-state index contributed by atoms with van der Waals surface area (Å²) < 4.78 is 34.6. The van der Waals surface area contributed by atoms with E-state index in [-0.39, 0.29) is 13.4 Å². The van der Waals surface area contributed by atoms with Gasteiger partial charge in [-0.25, -0.2) is 4.98 Å². The highest BCUT2D eigenvalue weighted by atomic mass is 32.1. The lowest BCUT2D eigenvalue weighted by atomic mass is 9.33. The molecule has 4 aromatic heterocycles. The third-order valence-electron chi connectivity index (χ3n) is 16.6. The van der Waals surface area contributed by atoms with Gasteiger partial charge in [0.2, 0.25) is 0 Å². The Hall–Kier alpha value is -9.28. The predicted octanol–water partition coefficient (Wildman–Crippen LogP) is 13.8. The number of para-hydroxylation sites is 3. The monoisotopic (exact) mass is 1010 g/mol. The van der Waals surface area contributed by atoms with Gasteiger partial charge in [-0.3, -0.25) is 4.57 Å². The summed E-state index contributed by atoms with van der Waals surface area (Å²) in [6.07, 6.45) is 1.95. The zero-order valence-electron chi connectivity index (χ0n) is 40.0. The average molecular weight is 1010 g/mol. The van der Waals surface area contributed by atoms with Gasteiger partial charge in [-0.2, -0.15) is 0 Å². The summed E-state index contributed by atoms with van der Waals surface area (Å²) in [7, 11) is 0. The molecule has 0 saturated carbocycles. The third-order valence-corrected chi connectivity index (χ3v) is 18.9. The molecule has 14 aromatic rings. The van der Waals surface area contributed by atoms with Crippen molar-refractivity contribution in [2.24, 2.45) is 0 Å². The van der Waals surface area contributed by atoms with Gasteiger partial charge in [-0.05, 0) is 124 Å². The smallest absolute Gasteiger partial charge is 0.266 e. The van der Waals surface area contributed by atoms with E-state index in [2.05, 4.69) is 198 Å². The van der Waals surface area contributed by atoms with Crippen LogP contribution in [0.4, 0.5) is 17.1 Å². The van der Waals surface area contributed by atoms with Crippen molar-refractivity contribution >= 4 is 148 Å². The Bertz CT molecular complexity index is 4990. The topological polar surface area (TPSA) is 58.0 Å². The van der Waals surface area contributed by atoms with Crippen LogP contribution in [0.15, 0.2) is 200 Å². The van der Waals surface area contributed by atoms with Crippen LogP contribution in [-0.2, 0) is 0 Å². The van der Waals surface area contributed by atoms with Gasteiger partial charge >= 0.3 is 0 Å². The van der Waals surface area contributed by atoms with Gasteiger partial charge in [0.15, 0.2) is 5.82 Å². The van der Waals surface area contributed by atoms with E-state index < -0.39 is 0 Å². The van der Waals surface area contributed by atoms with Crippen LogP contribution in [-0.4, -0.2) is 23.0 Å². The Morgan fingerprint density at radius 2 is 1.04 bits per heavy atom. The highest BCUT2D eigenvalue weighted by Crippen LogP contribution is 2.52. The van der Waals surface area contributed by atoms with E-state index in [0.717, 1.165) is 149 Å². The molecule has 0 N–H and O–H groups in total. The van der Waals surface area contributed by atoms with Gasteiger partial charge in [0.1, 0.15) is 46.0 Å². The summed E-state index contributed by atoms with van der Waals surface area (Å²) in [5.41, 5.74) is 14.5. The Balaban J connectivity index is 0.753. The highest BCUT2D eigenvalue weighted by Gasteiger charge is 2.48. The fourth-order valence-electron chi connectivity index (χ4n) is 13.5. The molecular formula is C65H33B2N3O4S2. The standard InChI is InChI=1S/C65H33B2N3O4S2/c1-5-18-44-37(14-1)40-31-35(26-27-45(40)70(44)65-64-39(28-29-68-65)56-55(76-64)33-53-59-61(56)73-49-22-7-4-17-43(49)66(59)42-16-3-6-21-48(42)71-53)34-12-9-13-36(30-34)69-46-19-10-23-50-57(46)67-58-47(69)20-11-24-51(58)74-62-60(67)52(72-50)32-41-38-15-2-8-25-54(38)75-63(41)62/h1-33H. The average Bonchev–Trinajstić information content (AvgIpc) is 4.18. The number of thiophene rings is 2. The van der Waals surface area contributed by atoms with E-state index in [1.807, 2.05) is 12.3 Å². The number of fused-ring (bicyclic) bond motifs is 15. The molecular weight excluding hydrogens is 972 g/mol. The van der Waals surface area contributed by atoms with Crippen LogP contribution in [0.5, 0.6) is 46.0 Å². The normalized spacial score (nSPS) is 13.9. The van der Waals surface area contributed by atoms with Gasteiger partial charge in [0.05, 0.1) is 20.4 Å². The molecule has 9 heterocycles. The summed E-state index contributed by atoms with van der Waals surface area (Å²) in [5, 5.41) is 6.91. The van der Waals surface area contributed by atoms with E-state index in [1.165, 1.54) is 26.4 Å². The highest BCUT2D eigenvalue weighted by molar-refractivity contribution is 7.27. The maximum absolute atomic E-state index is 7.07. The first kappa shape index (κ1) is 40.1. The molecule has 5 aliphatic rings. The van der Waals surface area contributed by atoms with Crippen molar-refractivity contribution in [3.63, 3.8) is 0 Å². The summed E-state index contributed by atoms with van der Waals surface area (Å²) in [5.74, 6) is 7.90. The maximum Gasteiger partial charge on any atom is 0.266 e. The predicted molar refractivity (Wildman–Crippen MR) is 313 cm³/mol. The fraction of sp³-hybridized carbons (Fsp3) is 0. The van der Waals surface area contributed by atoms with Crippen molar-refractivity contribution in [1.82, 2.24) is 9.55 Å². The molecule has 0 amide bonds. The first-order chi connectivity index (χ1) is 37.7. The number of nitrogens with zero attached hydrogens (tertiary/aromatic N) is 3. The van der Waals surface area contributed by atoms with Crippen LogP contribution in [0.1, 0.15) is 0 Å². The number of anilines is 3. The van der Waals surface area contributed by atoms with E-state index in [9.17, 15) is 0 Å². The van der Waals surface area contributed by atoms with Crippen LogP contribution in [0.25, 0.3) is 79.1 Å². The molecule has 0 atom stereocenters. The molecule has 350 valence electrons. The minimum Gasteiger partial charge on any atom is -0.458 e. The summed E-state index contributed by atoms with van der Waals surface area (Å²) in [6.45, 7) is -0.0391. The summed E-state index contributed by atoms with van der Waals surface area (Å²) >= 11 is 3.54. The third kappa shape index (κ3) is 5.07. The second-order valence-electron chi connectivity index (χ2n) is 20.4. The summed E-state index contributed by atoms with van der Waals surface area (Å²) in [6, 6.07) is 69.6. The van der Waals surface area contributed by atoms with E-state index in [0.29, 0.717) is 0 Å². The number of ether oxygens (including phenoxy) is 4. The number of rotatable bonds is 3. The Morgan fingerprint density at radius 1 is 0.395 bits per heavy atom. The van der Waals surface area contributed by atoms with Crippen molar-refractivity contribution in [1.29, 1.82) is 0 Å². The van der Waals surface area contributed by atoms with E-state index >= 15 is 0 Å². The second kappa shape index (κ2) is 14.3. The van der Waals surface area contributed by atoms with Crippen molar-refractivity contribution in [3.05, 3.63) is 200 Å². The molecule has 0 radical (unpaired) electrons. The quantitative estimate of drug-likeness (QED) is 0.164. The van der Waals surface area contributed by atoms with Crippen molar-refractivity contribution in [2.75, 3.05) is 4.90 Å². The molecule has 0 spiro atoms. The van der Waals surface area contributed by atoms with E-state index in [1.54, 1.807) is 22.7 Å². The van der Waals surface area contributed by atoms with E-state index in [4.69, 9.17) is 23.9 Å². The molecule has 11 heteroatoms. The Kier molecular flexibility index (Phi) is 7.56. The van der Waals surface area contributed by atoms with Gasteiger partial charge < -0.3 is 23.8 Å². The molecule has 5 aliphatic heterocycles. The summed E-state index contributed by atoms with van der Waals surface area (Å²) in [4.78, 5) is 7.62. The number of aromatic nitrogens is 2. The molecule has 7 nitrogen and oxygen atoms in total. The largest absolute Gasteiger partial charge is 0.458 e. The molecule has 0 fully saturated rings. The maximum atomic E-state index is 7.07. The molecule has 76 heavy (non-hydrogen) atoms. The van der Waals surface area contributed by atoms with Gasteiger partial charge in [0.25, 0.3) is 13.4 Å². The Labute approximate surface area is 442 Å².